The predicted molar refractivity (Wildman–Crippen MR) is 127 cm³/mol. The normalized spacial score (nSPS) is 23.4. The summed E-state index contributed by atoms with van der Waals surface area (Å²) in [7, 11) is 0. The van der Waals surface area contributed by atoms with Crippen LogP contribution in [0.25, 0.3) is 0 Å². The molecule has 3 nitrogen and oxygen atoms in total. The molecule has 0 amide bonds. The first-order valence-corrected chi connectivity index (χ1v) is 12.0. The molecule has 2 saturated heterocycles. The SMILES string of the molecule is CCc1cnc(C2CC3CCC(C2)N3C(c2ccccc2Cl)c2ccccc2Cl)nc1. The van der Waals surface area contributed by atoms with E-state index in [1.165, 1.54) is 18.4 Å². The molecule has 2 unspecified atom stereocenters. The second-order valence-electron chi connectivity index (χ2n) is 8.75. The number of hydrogen-bond donors (Lipinski definition) is 0. The van der Waals surface area contributed by atoms with Crippen LogP contribution in [0.1, 0.15) is 67.1 Å². The Labute approximate surface area is 194 Å². The van der Waals surface area contributed by atoms with E-state index in [9.17, 15) is 0 Å². The molecule has 2 bridgehead atoms. The first-order chi connectivity index (χ1) is 15.2. The van der Waals surface area contributed by atoms with Crippen molar-refractivity contribution in [3.63, 3.8) is 0 Å². The van der Waals surface area contributed by atoms with Crippen molar-refractivity contribution in [2.24, 2.45) is 0 Å². The quantitative estimate of drug-likeness (QED) is 0.424. The number of piperidine rings is 1. The number of halogens is 2. The highest BCUT2D eigenvalue weighted by Gasteiger charge is 2.46. The molecule has 5 heteroatoms. The van der Waals surface area contributed by atoms with Gasteiger partial charge in [-0.2, -0.15) is 0 Å². The third-order valence-electron chi connectivity index (χ3n) is 6.99. The van der Waals surface area contributed by atoms with Crippen LogP contribution in [0.4, 0.5) is 0 Å². The van der Waals surface area contributed by atoms with Gasteiger partial charge in [-0.15, -0.1) is 0 Å². The maximum absolute atomic E-state index is 6.72. The Morgan fingerprint density at radius 3 is 1.87 bits per heavy atom. The minimum Gasteiger partial charge on any atom is -0.286 e. The second kappa shape index (κ2) is 8.90. The summed E-state index contributed by atoms with van der Waals surface area (Å²) in [6.07, 6.45) is 9.50. The number of aryl methyl sites for hydroxylation is 1. The van der Waals surface area contributed by atoms with Crippen LogP contribution in [0.15, 0.2) is 60.9 Å². The van der Waals surface area contributed by atoms with Gasteiger partial charge < -0.3 is 0 Å². The predicted octanol–water partition coefficient (Wildman–Crippen LogP) is 6.85. The van der Waals surface area contributed by atoms with Crippen LogP contribution in [0.5, 0.6) is 0 Å². The minimum absolute atomic E-state index is 0.0595. The summed E-state index contributed by atoms with van der Waals surface area (Å²) in [5.74, 6) is 1.42. The zero-order valence-electron chi connectivity index (χ0n) is 17.7. The number of fused-ring (bicyclic) bond motifs is 2. The average molecular weight is 452 g/mol. The molecule has 3 heterocycles. The van der Waals surface area contributed by atoms with Gasteiger partial charge in [-0.25, -0.2) is 9.97 Å². The molecule has 2 atom stereocenters. The van der Waals surface area contributed by atoms with Crippen molar-refractivity contribution in [3.05, 3.63) is 93.5 Å². The van der Waals surface area contributed by atoms with Gasteiger partial charge in [-0.3, -0.25) is 4.90 Å². The van der Waals surface area contributed by atoms with Crippen LogP contribution in [0.3, 0.4) is 0 Å². The largest absolute Gasteiger partial charge is 0.286 e. The molecular weight excluding hydrogens is 425 g/mol. The molecule has 0 radical (unpaired) electrons. The average Bonchev–Trinajstić information content (AvgIpc) is 3.04. The van der Waals surface area contributed by atoms with Crippen LogP contribution in [-0.4, -0.2) is 27.0 Å². The number of aromatic nitrogens is 2. The van der Waals surface area contributed by atoms with Crippen molar-refractivity contribution in [1.29, 1.82) is 0 Å². The monoisotopic (exact) mass is 451 g/mol. The van der Waals surface area contributed by atoms with E-state index < -0.39 is 0 Å². The fourth-order valence-electron chi connectivity index (χ4n) is 5.49. The van der Waals surface area contributed by atoms with Crippen LogP contribution in [0.2, 0.25) is 10.0 Å². The highest BCUT2D eigenvalue weighted by molar-refractivity contribution is 6.32. The maximum Gasteiger partial charge on any atom is 0.131 e. The van der Waals surface area contributed by atoms with Crippen molar-refractivity contribution < 1.29 is 0 Å². The third-order valence-corrected chi connectivity index (χ3v) is 7.67. The number of hydrogen-bond acceptors (Lipinski definition) is 3. The van der Waals surface area contributed by atoms with E-state index in [0.717, 1.165) is 46.3 Å². The Morgan fingerprint density at radius 1 is 0.871 bits per heavy atom. The fourth-order valence-corrected chi connectivity index (χ4v) is 5.96. The second-order valence-corrected chi connectivity index (χ2v) is 9.56. The Kier molecular flexibility index (Phi) is 6.01. The van der Waals surface area contributed by atoms with Crippen LogP contribution >= 0.6 is 23.2 Å². The fraction of sp³-hybridized carbons (Fsp3) is 0.385. The molecule has 0 aliphatic carbocycles. The van der Waals surface area contributed by atoms with Crippen molar-refractivity contribution in [2.75, 3.05) is 0 Å². The topological polar surface area (TPSA) is 29.0 Å². The first kappa shape index (κ1) is 20.9. The lowest BCUT2D eigenvalue weighted by atomic mass is 9.86. The Hall–Kier alpha value is -1.94. The maximum atomic E-state index is 6.72. The zero-order valence-corrected chi connectivity index (χ0v) is 19.2. The lowest BCUT2D eigenvalue weighted by Crippen LogP contribution is -2.45. The third kappa shape index (κ3) is 4.00. The van der Waals surface area contributed by atoms with E-state index in [4.69, 9.17) is 33.2 Å². The smallest absolute Gasteiger partial charge is 0.131 e. The van der Waals surface area contributed by atoms with E-state index in [0.29, 0.717) is 18.0 Å². The van der Waals surface area contributed by atoms with Crippen molar-refractivity contribution in [2.45, 2.75) is 63.1 Å². The summed E-state index contributed by atoms with van der Waals surface area (Å²) in [6.45, 7) is 2.14. The Balaban J connectivity index is 1.50. The Morgan fingerprint density at radius 2 is 1.39 bits per heavy atom. The minimum atomic E-state index is 0.0595. The molecule has 2 aliphatic rings. The van der Waals surface area contributed by atoms with Gasteiger partial charge in [0.15, 0.2) is 0 Å². The summed E-state index contributed by atoms with van der Waals surface area (Å²) in [5.41, 5.74) is 3.47. The molecule has 1 aromatic heterocycles. The summed E-state index contributed by atoms with van der Waals surface area (Å²) < 4.78 is 0. The summed E-state index contributed by atoms with van der Waals surface area (Å²) in [6, 6.07) is 17.4. The molecule has 0 N–H and O–H groups in total. The molecule has 0 saturated carbocycles. The number of nitrogens with zero attached hydrogens (tertiary/aromatic N) is 3. The van der Waals surface area contributed by atoms with E-state index in [1.807, 2.05) is 36.7 Å². The highest BCUT2D eigenvalue weighted by Crippen LogP contribution is 2.49. The van der Waals surface area contributed by atoms with Gasteiger partial charge in [0.1, 0.15) is 5.82 Å². The van der Waals surface area contributed by atoms with Crippen molar-refractivity contribution in [1.82, 2.24) is 14.9 Å². The van der Waals surface area contributed by atoms with Gasteiger partial charge in [0.05, 0.1) is 6.04 Å². The molecule has 2 aliphatic heterocycles. The van der Waals surface area contributed by atoms with Crippen LogP contribution < -0.4 is 0 Å². The van der Waals surface area contributed by atoms with E-state index in [-0.39, 0.29) is 6.04 Å². The van der Waals surface area contributed by atoms with Gasteiger partial charge in [-0.05, 0) is 60.9 Å². The van der Waals surface area contributed by atoms with Crippen molar-refractivity contribution >= 4 is 23.2 Å². The van der Waals surface area contributed by atoms with Crippen LogP contribution in [0, 0.1) is 0 Å². The molecule has 2 fully saturated rings. The standard InChI is InChI=1S/C26H27Cl2N3/c1-2-17-15-29-26(30-16-17)18-13-19-11-12-20(14-18)31(19)25(21-7-3-5-9-23(21)27)22-8-4-6-10-24(22)28/h3-10,15-16,18-20,25H,2,11-14H2,1H3. The van der Waals surface area contributed by atoms with E-state index in [2.05, 4.69) is 36.1 Å². The molecule has 31 heavy (non-hydrogen) atoms. The summed E-state index contributed by atoms with van der Waals surface area (Å²) in [5, 5.41) is 1.60. The molecule has 5 rings (SSSR count). The van der Waals surface area contributed by atoms with Gasteiger partial charge in [0, 0.05) is 40.4 Å². The zero-order chi connectivity index (χ0) is 21.4. The lowest BCUT2D eigenvalue weighted by molar-refractivity contribution is 0.0917. The molecule has 160 valence electrons. The highest BCUT2D eigenvalue weighted by atomic mass is 35.5. The molecule has 0 spiro atoms. The molecular formula is C26H27Cl2N3. The molecule has 2 aromatic carbocycles. The number of benzene rings is 2. The van der Waals surface area contributed by atoms with Gasteiger partial charge in [0.25, 0.3) is 0 Å². The van der Waals surface area contributed by atoms with Gasteiger partial charge in [0.2, 0.25) is 0 Å². The van der Waals surface area contributed by atoms with Crippen molar-refractivity contribution in [3.8, 4) is 0 Å². The first-order valence-electron chi connectivity index (χ1n) is 11.2. The van der Waals surface area contributed by atoms with Gasteiger partial charge >= 0.3 is 0 Å². The summed E-state index contributed by atoms with van der Waals surface area (Å²) in [4.78, 5) is 12.1. The summed E-state index contributed by atoms with van der Waals surface area (Å²) >= 11 is 13.4. The van der Waals surface area contributed by atoms with Crippen LogP contribution in [-0.2, 0) is 6.42 Å². The number of rotatable bonds is 5. The Bertz CT molecular complexity index is 993. The van der Waals surface area contributed by atoms with E-state index >= 15 is 0 Å². The molecule has 3 aromatic rings. The lowest BCUT2D eigenvalue weighted by Gasteiger charge is -2.44. The van der Waals surface area contributed by atoms with Gasteiger partial charge in [-0.1, -0.05) is 66.5 Å². The van der Waals surface area contributed by atoms with E-state index in [1.54, 1.807) is 0 Å².